The van der Waals surface area contributed by atoms with E-state index in [1.165, 1.54) is 0 Å². The predicted molar refractivity (Wildman–Crippen MR) is 86.9 cm³/mol. The van der Waals surface area contributed by atoms with Crippen LogP contribution in [0.25, 0.3) is 0 Å². The van der Waals surface area contributed by atoms with Gasteiger partial charge in [-0.25, -0.2) is 0 Å². The molecule has 0 heterocycles. The van der Waals surface area contributed by atoms with E-state index in [9.17, 15) is 4.79 Å². The molecule has 0 aromatic heterocycles. The van der Waals surface area contributed by atoms with Gasteiger partial charge in [0, 0.05) is 17.1 Å². The lowest BCUT2D eigenvalue weighted by Gasteiger charge is -2.39. The highest BCUT2D eigenvalue weighted by atomic mass is 79.9. The van der Waals surface area contributed by atoms with E-state index in [0.717, 1.165) is 23.7 Å². The van der Waals surface area contributed by atoms with Gasteiger partial charge in [0.05, 0.1) is 17.7 Å². The molecule has 6 heteroatoms. The maximum Gasteiger partial charge on any atom is 0.227 e. The van der Waals surface area contributed by atoms with Crippen molar-refractivity contribution in [2.75, 3.05) is 12.4 Å². The summed E-state index contributed by atoms with van der Waals surface area (Å²) < 4.78 is 6.33. The van der Waals surface area contributed by atoms with Gasteiger partial charge in [0.2, 0.25) is 5.91 Å². The van der Waals surface area contributed by atoms with Gasteiger partial charge in [0.15, 0.2) is 0 Å². The summed E-state index contributed by atoms with van der Waals surface area (Å²) in [6.45, 7) is 0. The Hall–Kier alpha value is -0.980. The number of hydrogen-bond acceptors (Lipinski definition) is 3. The normalized spacial score (nSPS) is 16.3. The fraction of sp³-hybridized carbons (Fsp3) is 0.429. The largest absolute Gasteiger partial charge is 0.389 e. The van der Waals surface area contributed by atoms with Crippen molar-refractivity contribution in [2.24, 2.45) is 5.73 Å². The smallest absolute Gasteiger partial charge is 0.227 e. The van der Waals surface area contributed by atoms with Gasteiger partial charge in [-0.3, -0.25) is 4.79 Å². The molecule has 20 heavy (non-hydrogen) atoms. The molecule has 1 aromatic rings. The van der Waals surface area contributed by atoms with Crippen LogP contribution in [0, 0.1) is 0 Å². The summed E-state index contributed by atoms with van der Waals surface area (Å²) >= 11 is 8.37. The topological polar surface area (TPSA) is 64.3 Å². The Morgan fingerprint density at radius 2 is 2.25 bits per heavy atom. The molecule has 1 aliphatic carbocycles. The van der Waals surface area contributed by atoms with Crippen LogP contribution in [0.1, 0.15) is 31.2 Å². The first-order valence-corrected chi connectivity index (χ1v) is 7.60. The second kappa shape index (κ2) is 6.20. The summed E-state index contributed by atoms with van der Waals surface area (Å²) in [6.07, 6.45) is 3.33. The molecule has 1 amide bonds. The summed E-state index contributed by atoms with van der Waals surface area (Å²) in [4.78, 5) is 12.4. The third kappa shape index (κ3) is 3.37. The molecule has 0 aliphatic heterocycles. The lowest BCUT2D eigenvalue weighted by atomic mass is 9.77. The van der Waals surface area contributed by atoms with Gasteiger partial charge in [0.25, 0.3) is 0 Å². The molecule has 0 bridgehead atoms. The van der Waals surface area contributed by atoms with Crippen molar-refractivity contribution in [1.82, 2.24) is 0 Å². The fourth-order valence-corrected chi connectivity index (χ4v) is 2.87. The van der Waals surface area contributed by atoms with Crippen LogP contribution in [-0.2, 0) is 9.53 Å². The number of rotatable bonds is 5. The maximum absolute atomic E-state index is 12.2. The third-order valence-electron chi connectivity index (χ3n) is 3.70. The molecule has 1 aromatic carbocycles. The van der Waals surface area contributed by atoms with E-state index < -0.39 is 0 Å². The summed E-state index contributed by atoms with van der Waals surface area (Å²) in [6, 6.07) is 5.43. The number of halogens is 1. The van der Waals surface area contributed by atoms with Gasteiger partial charge >= 0.3 is 0 Å². The van der Waals surface area contributed by atoms with Crippen LogP contribution in [0.2, 0.25) is 0 Å². The number of thiocarbonyl (C=S) groups is 1. The van der Waals surface area contributed by atoms with Crippen molar-refractivity contribution in [3.05, 3.63) is 28.2 Å². The van der Waals surface area contributed by atoms with Crippen molar-refractivity contribution >= 4 is 44.7 Å². The van der Waals surface area contributed by atoms with Crippen LogP contribution in [0.4, 0.5) is 5.69 Å². The average molecular weight is 357 g/mol. The Labute approximate surface area is 132 Å². The number of nitrogens with two attached hydrogens (primary N) is 1. The molecular formula is C14H17BrN2O2S. The number of amides is 1. The second-order valence-electron chi connectivity index (χ2n) is 5.02. The van der Waals surface area contributed by atoms with E-state index >= 15 is 0 Å². The van der Waals surface area contributed by atoms with Crippen LogP contribution in [-0.4, -0.2) is 23.6 Å². The number of carbonyl (C=O) groups excluding carboxylic acids is 1. The Balaban J connectivity index is 2.10. The first-order valence-electron chi connectivity index (χ1n) is 6.40. The zero-order chi connectivity index (χ0) is 14.8. The highest BCUT2D eigenvalue weighted by Crippen LogP contribution is 2.38. The van der Waals surface area contributed by atoms with Crippen LogP contribution >= 0.6 is 28.1 Å². The van der Waals surface area contributed by atoms with Crippen LogP contribution < -0.4 is 11.1 Å². The monoisotopic (exact) mass is 356 g/mol. The molecule has 1 saturated carbocycles. The number of nitrogens with one attached hydrogen (secondary N) is 1. The number of anilines is 1. The zero-order valence-corrected chi connectivity index (χ0v) is 13.6. The average Bonchev–Trinajstić information content (AvgIpc) is 2.36. The molecule has 1 aliphatic rings. The van der Waals surface area contributed by atoms with Crippen molar-refractivity contribution in [3.63, 3.8) is 0 Å². The Morgan fingerprint density at radius 3 is 2.75 bits per heavy atom. The highest BCUT2D eigenvalue weighted by Gasteiger charge is 2.39. The van der Waals surface area contributed by atoms with Gasteiger partial charge < -0.3 is 15.8 Å². The number of methoxy groups -OCH3 is 1. The molecular weight excluding hydrogens is 340 g/mol. The fourth-order valence-electron chi connectivity index (χ4n) is 2.34. The Bertz CT molecular complexity index is 538. The standard InChI is InChI=1S/C14H17BrN2O2S/c1-19-14(5-2-6-14)8-12(18)17-11-4-3-9(15)7-10(11)13(16)20/h3-4,7H,2,5-6,8H2,1H3,(H2,16,20)(H,17,18). The molecule has 0 radical (unpaired) electrons. The SMILES string of the molecule is COC1(CC(=O)Nc2ccc(Br)cc2C(N)=S)CCC1. The summed E-state index contributed by atoms with van der Waals surface area (Å²) in [5, 5.41) is 2.87. The first kappa shape index (κ1) is 15.4. The van der Waals surface area contributed by atoms with Crippen LogP contribution in [0.15, 0.2) is 22.7 Å². The molecule has 2 rings (SSSR count). The van der Waals surface area contributed by atoms with Gasteiger partial charge in [-0.1, -0.05) is 28.1 Å². The number of carbonyl (C=O) groups is 1. The maximum atomic E-state index is 12.2. The zero-order valence-electron chi connectivity index (χ0n) is 11.2. The van der Waals surface area contributed by atoms with Crippen molar-refractivity contribution < 1.29 is 9.53 Å². The lowest BCUT2D eigenvalue weighted by molar-refractivity contribution is -0.129. The molecule has 0 spiro atoms. The minimum Gasteiger partial charge on any atom is -0.389 e. The third-order valence-corrected chi connectivity index (χ3v) is 4.41. The van der Waals surface area contributed by atoms with Crippen LogP contribution in [0.3, 0.4) is 0 Å². The van der Waals surface area contributed by atoms with Crippen molar-refractivity contribution in [2.45, 2.75) is 31.3 Å². The Kier molecular flexibility index (Phi) is 4.78. The van der Waals surface area contributed by atoms with Crippen molar-refractivity contribution in [1.29, 1.82) is 0 Å². The van der Waals surface area contributed by atoms with E-state index in [1.807, 2.05) is 6.07 Å². The molecule has 1 fully saturated rings. The summed E-state index contributed by atoms with van der Waals surface area (Å²) in [5.41, 5.74) is 6.69. The molecule has 4 nitrogen and oxygen atoms in total. The molecule has 108 valence electrons. The number of benzene rings is 1. The van der Waals surface area contributed by atoms with Crippen molar-refractivity contribution in [3.8, 4) is 0 Å². The van der Waals surface area contributed by atoms with E-state index in [-0.39, 0.29) is 16.5 Å². The second-order valence-corrected chi connectivity index (χ2v) is 6.38. The lowest BCUT2D eigenvalue weighted by Crippen LogP contribution is -2.42. The number of ether oxygens (including phenoxy) is 1. The van der Waals surface area contributed by atoms with Gasteiger partial charge in [-0.05, 0) is 37.5 Å². The Morgan fingerprint density at radius 1 is 1.55 bits per heavy atom. The molecule has 0 atom stereocenters. The molecule has 3 N–H and O–H groups in total. The summed E-state index contributed by atoms with van der Waals surface area (Å²) in [5.74, 6) is -0.0774. The van der Waals surface area contributed by atoms with E-state index in [4.69, 9.17) is 22.7 Å². The predicted octanol–water partition coefficient (Wildman–Crippen LogP) is 2.98. The first-order chi connectivity index (χ1) is 9.46. The van der Waals surface area contributed by atoms with Gasteiger partial charge in [0.1, 0.15) is 4.99 Å². The minimum absolute atomic E-state index is 0.0774. The van der Waals surface area contributed by atoms with Crippen LogP contribution in [0.5, 0.6) is 0 Å². The van der Waals surface area contributed by atoms with Gasteiger partial charge in [-0.2, -0.15) is 0 Å². The van der Waals surface area contributed by atoms with E-state index in [2.05, 4.69) is 21.2 Å². The highest BCUT2D eigenvalue weighted by molar-refractivity contribution is 9.10. The van der Waals surface area contributed by atoms with Gasteiger partial charge in [-0.15, -0.1) is 0 Å². The minimum atomic E-state index is -0.289. The number of hydrogen-bond donors (Lipinski definition) is 2. The van der Waals surface area contributed by atoms with E-state index in [1.54, 1.807) is 19.2 Å². The summed E-state index contributed by atoms with van der Waals surface area (Å²) in [7, 11) is 1.66. The molecule has 0 unspecified atom stereocenters. The quantitative estimate of drug-likeness (QED) is 0.796. The van der Waals surface area contributed by atoms with E-state index in [0.29, 0.717) is 17.7 Å². The molecule has 0 saturated heterocycles.